The summed E-state index contributed by atoms with van der Waals surface area (Å²) in [5.74, 6) is -1.02. The summed E-state index contributed by atoms with van der Waals surface area (Å²) in [5, 5.41) is 18.7. The molecule has 0 aliphatic heterocycles. The SMILES string of the molecule is O=C(O)[C@H](Cc1c[nH]c2ccccc12)OCCO. The van der Waals surface area contributed by atoms with Gasteiger partial charge in [0.1, 0.15) is 0 Å². The van der Waals surface area contributed by atoms with E-state index in [1.165, 1.54) is 0 Å². The predicted molar refractivity (Wildman–Crippen MR) is 66.5 cm³/mol. The van der Waals surface area contributed by atoms with Crippen molar-refractivity contribution < 1.29 is 19.7 Å². The summed E-state index contributed by atoms with van der Waals surface area (Å²) in [4.78, 5) is 14.1. The van der Waals surface area contributed by atoms with Gasteiger partial charge in [0.25, 0.3) is 0 Å². The number of carboxylic acid groups (broad SMARTS) is 1. The lowest BCUT2D eigenvalue weighted by Crippen LogP contribution is -2.27. The highest BCUT2D eigenvalue weighted by atomic mass is 16.5. The molecule has 96 valence electrons. The van der Waals surface area contributed by atoms with E-state index in [0.29, 0.717) is 0 Å². The summed E-state index contributed by atoms with van der Waals surface area (Å²) in [6.45, 7) is -0.156. The number of carboxylic acids is 1. The van der Waals surface area contributed by atoms with Crippen LogP contribution in [-0.2, 0) is 16.0 Å². The van der Waals surface area contributed by atoms with Crippen molar-refractivity contribution in [2.45, 2.75) is 12.5 Å². The van der Waals surface area contributed by atoms with Crippen molar-refractivity contribution in [2.24, 2.45) is 0 Å². The number of hydrogen-bond acceptors (Lipinski definition) is 3. The second-order valence-corrected chi connectivity index (χ2v) is 3.98. The highest BCUT2D eigenvalue weighted by Crippen LogP contribution is 2.19. The molecule has 0 aliphatic carbocycles. The van der Waals surface area contributed by atoms with Gasteiger partial charge in [-0.2, -0.15) is 0 Å². The standard InChI is InChI=1S/C13H15NO4/c15-5-6-18-12(13(16)17)7-9-8-14-11-4-2-1-3-10(9)11/h1-4,8,12,14-15H,5-7H2,(H,16,17)/t12-/m0/s1. The topological polar surface area (TPSA) is 82.5 Å². The first-order chi connectivity index (χ1) is 8.72. The number of benzene rings is 1. The number of aromatic amines is 1. The Morgan fingerprint density at radius 3 is 2.89 bits per heavy atom. The van der Waals surface area contributed by atoms with Crippen LogP contribution < -0.4 is 0 Å². The maximum Gasteiger partial charge on any atom is 0.333 e. The fourth-order valence-corrected chi connectivity index (χ4v) is 1.91. The van der Waals surface area contributed by atoms with E-state index in [4.69, 9.17) is 14.9 Å². The molecule has 0 unspecified atom stereocenters. The van der Waals surface area contributed by atoms with Crippen molar-refractivity contribution in [3.05, 3.63) is 36.0 Å². The molecule has 0 bridgehead atoms. The lowest BCUT2D eigenvalue weighted by Gasteiger charge is -2.12. The number of rotatable bonds is 6. The Labute approximate surface area is 104 Å². The molecule has 0 aliphatic rings. The molecule has 0 radical (unpaired) electrons. The quantitative estimate of drug-likeness (QED) is 0.717. The molecule has 0 saturated heterocycles. The van der Waals surface area contributed by atoms with E-state index in [0.717, 1.165) is 16.5 Å². The third-order valence-corrected chi connectivity index (χ3v) is 2.77. The fourth-order valence-electron chi connectivity index (χ4n) is 1.91. The van der Waals surface area contributed by atoms with Gasteiger partial charge in [0.05, 0.1) is 13.2 Å². The number of ether oxygens (including phenoxy) is 1. The number of nitrogens with one attached hydrogen (secondary N) is 1. The smallest absolute Gasteiger partial charge is 0.333 e. The number of aliphatic hydroxyl groups excluding tert-OH is 1. The average Bonchev–Trinajstić information content (AvgIpc) is 2.77. The van der Waals surface area contributed by atoms with E-state index in [1.54, 1.807) is 6.20 Å². The van der Waals surface area contributed by atoms with Crippen molar-refractivity contribution in [3.8, 4) is 0 Å². The van der Waals surface area contributed by atoms with Gasteiger partial charge in [0, 0.05) is 23.5 Å². The Hall–Kier alpha value is -1.85. The van der Waals surface area contributed by atoms with E-state index in [9.17, 15) is 4.79 Å². The van der Waals surface area contributed by atoms with Crippen LogP contribution in [0.2, 0.25) is 0 Å². The average molecular weight is 249 g/mol. The van der Waals surface area contributed by atoms with E-state index in [-0.39, 0.29) is 19.6 Å². The summed E-state index contributed by atoms with van der Waals surface area (Å²) < 4.78 is 5.11. The van der Waals surface area contributed by atoms with Crippen LogP contribution >= 0.6 is 0 Å². The van der Waals surface area contributed by atoms with E-state index < -0.39 is 12.1 Å². The van der Waals surface area contributed by atoms with Gasteiger partial charge in [-0.05, 0) is 11.6 Å². The first-order valence-electron chi connectivity index (χ1n) is 5.72. The maximum atomic E-state index is 11.1. The number of hydrogen-bond donors (Lipinski definition) is 3. The first kappa shape index (κ1) is 12.6. The van der Waals surface area contributed by atoms with Crippen molar-refractivity contribution in [3.63, 3.8) is 0 Å². The van der Waals surface area contributed by atoms with Gasteiger partial charge < -0.3 is 19.9 Å². The summed E-state index contributed by atoms with van der Waals surface area (Å²) in [6, 6.07) is 7.69. The first-order valence-corrected chi connectivity index (χ1v) is 5.72. The Balaban J connectivity index is 2.18. The molecule has 1 aromatic heterocycles. The van der Waals surface area contributed by atoms with Gasteiger partial charge in [-0.1, -0.05) is 18.2 Å². The summed E-state index contributed by atoms with van der Waals surface area (Å²) in [6.07, 6.45) is 1.14. The number of para-hydroxylation sites is 1. The number of aromatic nitrogens is 1. The molecule has 2 rings (SSSR count). The normalized spacial score (nSPS) is 12.7. The van der Waals surface area contributed by atoms with Crippen molar-refractivity contribution in [2.75, 3.05) is 13.2 Å². The third kappa shape index (κ3) is 2.69. The maximum absolute atomic E-state index is 11.1. The molecule has 18 heavy (non-hydrogen) atoms. The summed E-state index contributed by atoms with van der Waals surface area (Å²) >= 11 is 0. The molecule has 0 spiro atoms. The molecule has 0 saturated carbocycles. The largest absolute Gasteiger partial charge is 0.479 e. The molecule has 1 heterocycles. The van der Waals surface area contributed by atoms with Crippen molar-refractivity contribution >= 4 is 16.9 Å². The molecular formula is C13H15NO4. The minimum Gasteiger partial charge on any atom is -0.479 e. The number of H-pyrrole nitrogens is 1. The summed E-state index contributed by atoms with van der Waals surface area (Å²) in [5.41, 5.74) is 1.87. The predicted octanol–water partition coefficient (Wildman–Crippen LogP) is 1.17. The zero-order valence-electron chi connectivity index (χ0n) is 9.80. The Kier molecular flexibility index (Phi) is 3.96. The third-order valence-electron chi connectivity index (χ3n) is 2.77. The second kappa shape index (κ2) is 5.66. The van der Waals surface area contributed by atoms with Crippen LogP contribution in [0.3, 0.4) is 0 Å². The van der Waals surface area contributed by atoms with Gasteiger partial charge in [-0.15, -0.1) is 0 Å². The van der Waals surface area contributed by atoms with Crippen LogP contribution in [-0.4, -0.2) is 40.5 Å². The Morgan fingerprint density at radius 1 is 1.39 bits per heavy atom. The van der Waals surface area contributed by atoms with Crippen LogP contribution in [0.5, 0.6) is 0 Å². The van der Waals surface area contributed by atoms with E-state index in [2.05, 4.69) is 4.98 Å². The molecule has 5 heteroatoms. The number of fused-ring (bicyclic) bond motifs is 1. The zero-order chi connectivity index (χ0) is 13.0. The molecule has 1 atom stereocenters. The highest BCUT2D eigenvalue weighted by Gasteiger charge is 2.20. The Morgan fingerprint density at radius 2 is 2.17 bits per heavy atom. The molecule has 2 aromatic rings. The van der Waals surface area contributed by atoms with Crippen LogP contribution in [0.25, 0.3) is 10.9 Å². The molecular weight excluding hydrogens is 234 g/mol. The monoisotopic (exact) mass is 249 g/mol. The highest BCUT2D eigenvalue weighted by molar-refractivity contribution is 5.84. The number of aliphatic hydroxyl groups is 1. The molecule has 5 nitrogen and oxygen atoms in total. The minimum absolute atomic E-state index is 0.0271. The fraction of sp³-hybridized carbons (Fsp3) is 0.308. The number of carbonyl (C=O) groups is 1. The number of aliphatic carboxylic acids is 1. The minimum atomic E-state index is -1.02. The zero-order valence-corrected chi connectivity index (χ0v) is 9.80. The molecule has 0 amide bonds. The molecule has 3 N–H and O–H groups in total. The van der Waals surface area contributed by atoms with Gasteiger partial charge >= 0.3 is 5.97 Å². The van der Waals surface area contributed by atoms with Gasteiger partial charge in [-0.25, -0.2) is 4.79 Å². The molecule has 1 aromatic carbocycles. The van der Waals surface area contributed by atoms with Gasteiger partial charge in [-0.3, -0.25) is 0 Å². The second-order valence-electron chi connectivity index (χ2n) is 3.98. The van der Waals surface area contributed by atoms with Crippen LogP contribution in [0.4, 0.5) is 0 Å². The summed E-state index contributed by atoms with van der Waals surface area (Å²) in [7, 11) is 0. The van der Waals surface area contributed by atoms with E-state index >= 15 is 0 Å². The van der Waals surface area contributed by atoms with Crippen molar-refractivity contribution in [1.82, 2.24) is 4.98 Å². The van der Waals surface area contributed by atoms with Crippen LogP contribution in [0, 0.1) is 0 Å². The van der Waals surface area contributed by atoms with Crippen LogP contribution in [0.15, 0.2) is 30.5 Å². The van der Waals surface area contributed by atoms with Crippen LogP contribution in [0.1, 0.15) is 5.56 Å². The van der Waals surface area contributed by atoms with E-state index in [1.807, 2.05) is 24.3 Å². The molecule has 0 fully saturated rings. The van der Waals surface area contributed by atoms with Gasteiger partial charge in [0.2, 0.25) is 0 Å². The Bertz CT molecular complexity index is 535. The lowest BCUT2D eigenvalue weighted by atomic mass is 10.1. The lowest BCUT2D eigenvalue weighted by molar-refractivity contribution is -0.150. The van der Waals surface area contributed by atoms with Gasteiger partial charge in [0.15, 0.2) is 6.10 Å². The van der Waals surface area contributed by atoms with Crippen molar-refractivity contribution in [1.29, 1.82) is 0 Å².